The Balaban J connectivity index is 3.04. The van der Waals surface area contributed by atoms with E-state index in [4.69, 9.17) is 5.26 Å². The van der Waals surface area contributed by atoms with E-state index in [9.17, 15) is 0 Å². The second-order valence-electron chi connectivity index (χ2n) is 2.65. The van der Waals surface area contributed by atoms with Crippen molar-refractivity contribution in [2.45, 2.75) is 12.1 Å². The molecule has 0 fully saturated rings. The number of nitrogens with zero attached hydrogens (tertiary/aromatic N) is 3. The molecule has 0 amide bonds. The van der Waals surface area contributed by atoms with Crippen LogP contribution in [0, 0.1) is 11.3 Å². The zero-order valence-corrected chi connectivity index (χ0v) is 9.51. The Morgan fingerprint density at radius 1 is 1.67 bits per heavy atom. The van der Waals surface area contributed by atoms with Crippen LogP contribution in [0.25, 0.3) is 6.08 Å². The quantitative estimate of drug-likeness (QED) is 0.478. The van der Waals surface area contributed by atoms with Crippen LogP contribution in [0.4, 0.5) is 5.82 Å². The van der Waals surface area contributed by atoms with Crippen molar-refractivity contribution in [1.29, 1.82) is 5.26 Å². The van der Waals surface area contributed by atoms with Gasteiger partial charge in [-0.25, -0.2) is 9.97 Å². The molecular formula is C10H12N4S. The van der Waals surface area contributed by atoms with Crippen LogP contribution < -0.4 is 5.32 Å². The van der Waals surface area contributed by atoms with Gasteiger partial charge in [-0.05, 0) is 19.3 Å². The summed E-state index contributed by atoms with van der Waals surface area (Å²) in [7, 11) is 0. The first kappa shape index (κ1) is 11.5. The van der Waals surface area contributed by atoms with Gasteiger partial charge in [-0.1, -0.05) is 11.8 Å². The van der Waals surface area contributed by atoms with Gasteiger partial charge in [0.25, 0.3) is 0 Å². The van der Waals surface area contributed by atoms with Crippen molar-refractivity contribution in [1.82, 2.24) is 9.97 Å². The molecule has 78 valence electrons. The Labute approximate surface area is 93.4 Å². The first-order valence-electron chi connectivity index (χ1n) is 4.53. The first-order valence-corrected chi connectivity index (χ1v) is 5.75. The molecule has 0 saturated heterocycles. The van der Waals surface area contributed by atoms with Gasteiger partial charge in [0, 0.05) is 24.4 Å². The average molecular weight is 220 g/mol. The van der Waals surface area contributed by atoms with Crippen molar-refractivity contribution < 1.29 is 0 Å². The maximum atomic E-state index is 8.45. The molecule has 15 heavy (non-hydrogen) atoms. The lowest BCUT2D eigenvalue weighted by atomic mass is 10.3. The van der Waals surface area contributed by atoms with Crippen molar-refractivity contribution in [3.63, 3.8) is 0 Å². The largest absolute Gasteiger partial charge is 0.370 e. The number of hydrogen-bond donors (Lipinski definition) is 1. The van der Waals surface area contributed by atoms with Gasteiger partial charge in [-0.15, -0.1) is 0 Å². The second kappa shape index (κ2) is 6.04. The fourth-order valence-electron chi connectivity index (χ4n) is 1.03. The maximum Gasteiger partial charge on any atom is 0.189 e. The summed E-state index contributed by atoms with van der Waals surface area (Å²) in [5.74, 6) is 0.767. The van der Waals surface area contributed by atoms with Crippen LogP contribution in [0.2, 0.25) is 0 Å². The Kier molecular flexibility index (Phi) is 4.64. The Hall–Kier alpha value is -1.54. The minimum absolute atomic E-state index is 0.722. The van der Waals surface area contributed by atoms with Crippen molar-refractivity contribution in [3.8, 4) is 6.07 Å². The number of allylic oxidation sites excluding steroid dienone is 1. The topological polar surface area (TPSA) is 61.6 Å². The normalized spacial score (nSPS) is 10.2. The van der Waals surface area contributed by atoms with Gasteiger partial charge in [0.1, 0.15) is 5.82 Å². The van der Waals surface area contributed by atoms with Crippen LogP contribution in [0.3, 0.4) is 0 Å². The molecule has 0 saturated carbocycles. The summed E-state index contributed by atoms with van der Waals surface area (Å²) in [6, 6.07) is 1.95. The monoisotopic (exact) mass is 220 g/mol. The first-order chi connectivity index (χ1) is 7.31. The van der Waals surface area contributed by atoms with Gasteiger partial charge in [0.2, 0.25) is 0 Å². The summed E-state index contributed by atoms with van der Waals surface area (Å²) in [4.78, 5) is 8.46. The lowest BCUT2D eigenvalue weighted by molar-refractivity contribution is 0.958. The number of nitriles is 1. The molecule has 1 rings (SSSR count). The van der Waals surface area contributed by atoms with Gasteiger partial charge < -0.3 is 5.32 Å². The molecule has 0 unspecified atom stereocenters. The van der Waals surface area contributed by atoms with E-state index in [1.165, 1.54) is 17.8 Å². The molecule has 1 aromatic heterocycles. The molecule has 0 radical (unpaired) electrons. The Bertz CT molecular complexity index is 395. The van der Waals surface area contributed by atoms with Crippen molar-refractivity contribution in [3.05, 3.63) is 17.8 Å². The van der Waals surface area contributed by atoms with Crippen LogP contribution in [0.1, 0.15) is 12.5 Å². The fraction of sp³-hybridized carbons (Fsp3) is 0.300. The lowest BCUT2D eigenvalue weighted by Crippen LogP contribution is -2.03. The second-order valence-corrected chi connectivity index (χ2v) is 3.43. The lowest BCUT2D eigenvalue weighted by Gasteiger charge is -2.06. The molecule has 0 aliphatic carbocycles. The third-order valence-electron chi connectivity index (χ3n) is 1.66. The molecule has 0 atom stereocenters. The molecule has 4 nitrogen and oxygen atoms in total. The van der Waals surface area contributed by atoms with Crippen LogP contribution in [-0.4, -0.2) is 22.8 Å². The van der Waals surface area contributed by atoms with Gasteiger partial charge in [-0.3, -0.25) is 0 Å². The van der Waals surface area contributed by atoms with Gasteiger partial charge >= 0.3 is 0 Å². The van der Waals surface area contributed by atoms with E-state index < -0.39 is 0 Å². The number of aromatic nitrogens is 2. The summed E-state index contributed by atoms with van der Waals surface area (Å²) in [5.41, 5.74) is 0.830. The van der Waals surface area contributed by atoms with Crippen molar-refractivity contribution >= 4 is 23.7 Å². The molecule has 1 aromatic rings. The zero-order chi connectivity index (χ0) is 11.1. The zero-order valence-electron chi connectivity index (χ0n) is 8.69. The highest BCUT2D eigenvalue weighted by Gasteiger charge is 2.02. The summed E-state index contributed by atoms with van der Waals surface area (Å²) >= 11 is 1.49. The summed E-state index contributed by atoms with van der Waals surface area (Å²) in [6.45, 7) is 2.79. The van der Waals surface area contributed by atoms with E-state index in [1.807, 2.05) is 19.2 Å². The predicted octanol–water partition coefficient (Wildman–Crippen LogP) is 2.17. The molecule has 1 N–H and O–H groups in total. The van der Waals surface area contributed by atoms with E-state index in [0.29, 0.717) is 0 Å². The SMILES string of the molecule is CCNc1nc(SC)ncc1/C=C/C#N. The number of hydrogen-bond acceptors (Lipinski definition) is 5. The van der Waals surface area contributed by atoms with E-state index in [1.54, 1.807) is 12.3 Å². The molecule has 0 aromatic carbocycles. The van der Waals surface area contributed by atoms with E-state index in [2.05, 4.69) is 15.3 Å². The average Bonchev–Trinajstić information content (AvgIpc) is 2.27. The van der Waals surface area contributed by atoms with Crippen molar-refractivity contribution in [2.24, 2.45) is 0 Å². The van der Waals surface area contributed by atoms with E-state index in [-0.39, 0.29) is 0 Å². The van der Waals surface area contributed by atoms with Crippen LogP contribution >= 0.6 is 11.8 Å². The maximum absolute atomic E-state index is 8.45. The predicted molar refractivity (Wildman–Crippen MR) is 62.6 cm³/mol. The van der Waals surface area contributed by atoms with Crippen LogP contribution in [-0.2, 0) is 0 Å². The highest BCUT2D eigenvalue weighted by molar-refractivity contribution is 7.98. The highest BCUT2D eigenvalue weighted by Crippen LogP contribution is 2.17. The van der Waals surface area contributed by atoms with Crippen LogP contribution in [0.5, 0.6) is 0 Å². The van der Waals surface area contributed by atoms with Gasteiger partial charge in [0.05, 0.1) is 6.07 Å². The Morgan fingerprint density at radius 3 is 3.07 bits per heavy atom. The minimum Gasteiger partial charge on any atom is -0.370 e. The van der Waals surface area contributed by atoms with E-state index >= 15 is 0 Å². The third kappa shape index (κ3) is 3.26. The fourth-order valence-corrected chi connectivity index (χ4v) is 1.37. The molecule has 0 aliphatic heterocycles. The van der Waals surface area contributed by atoms with Gasteiger partial charge in [0.15, 0.2) is 5.16 Å². The number of anilines is 1. The standard InChI is InChI=1S/C10H12N4S/c1-3-12-9-8(5-4-6-11)7-13-10(14-9)15-2/h4-5,7H,3H2,1-2H3,(H,12,13,14)/b5-4+. The smallest absolute Gasteiger partial charge is 0.189 e. The summed E-state index contributed by atoms with van der Waals surface area (Å²) in [6.07, 6.45) is 6.75. The number of rotatable bonds is 4. The highest BCUT2D eigenvalue weighted by atomic mass is 32.2. The summed E-state index contributed by atoms with van der Waals surface area (Å²) < 4.78 is 0. The number of nitrogens with one attached hydrogen (secondary N) is 1. The molecule has 0 aliphatic rings. The van der Waals surface area contributed by atoms with Crippen molar-refractivity contribution in [2.75, 3.05) is 18.1 Å². The van der Waals surface area contributed by atoms with E-state index in [0.717, 1.165) is 23.1 Å². The molecule has 0 spiro atoms. The number of thioether (sulfide) groups is 1. The van der Waals surface area contributed by atoms with Gasteiger partial charge in [-0.2, -0.15) is 5.26 Å². The molecular weight excluding hydrogens is 208 g/mol. The molecule has 5 heteroatoms. The van der Waals surface area contributed by atoms with Crippen LogP contribution in [0.15, 0.2) is 17.4 Å². The third-order valence-corrected chi connectivity index (χ3v) is 2.22. The Morgan fingerprint density at radius 2 is 2.47 bits per heavy atom. The molecule has 1 heterocycles. The minimum atomic E-state index is 0.722. The summed E-state index contributed by atoms with van der Waals surface area (Å²) in [5, 5.41) is 12.3. The molecule has 0 bridgehead atoms.